The molecule has 0 saturated carbocycles. The first-order valence-electron chi connectivity index (χ1n) is 7.40. The number of nitrogens with one attached hydrogen (secondary N) is 2. The van der Waals surface area contributed by atoms with E-state index in [0.29, 0.717) is 18.1 Å². The van der Waals surface area contributed by atoms with Gasteiger partial charge in [0.25, 0.3) is 0 Å². The van der Waals surface area contributed by atoms with Crippen molar-refractivity contribution >= 4 is 28.4 Å². The van der Waals surface area contributed by atoms with Crippen molar-refractivity contribution in [3.05, 3.63) is 35.0 Å². The third-order valence-corrected chi connectivity index (χ3v) is 3.61. The second kappa shape index (κ2) is 7.48. The number of carbonyl (C=O) groups excluding carboxylic acids is 1. The van der Waals surface area contributed by atoms with Crippen LogP contribution in [-0.4, -0.2) is 23.6 Å². The zero-order valence-electron chi connectivity index (χ0n) is 12.6. The fraction of sp³-hybridized carbons (Fsp3) is 0.438. The van der Waals surface area contributed by atoms with Gasteiger partial charge < -0.3 is 15.2 Å². The molecule has 0 bridgehead atoms. The number of amides is 1. The van der Waals surface area contributed by atoms with Gasteiger partial charge in [0.15, 0.2) is 0 Å². The first-order chi connectivity index (χ1) is 10.2. The maximum atomic E-state index is 11.9. The molecule has 5 heteroatoms. The van der Waals surface area contributed by atoms with Gasteiger partial charge >= 0.3 is 0 Å². The average molecular weight is 308 g/mol. The molecule has 0 spiro atoms. The SMILES string of the molecule is CCCNC(=O)Cn1cc(CNCC)c2ccc(Cl)cc21. The van der Waals surface area contributed by atoms with E-state index in [1.807, 2.05) is 35.9 Å². The summed E-state index contributed by atoms with van der Waals surface area (Å²) in [5, 5.41) is 8.06. The summed E-state index contributed by atoms with van der Waals surface area (Å²) in [6.45, 7) is 6.86. The number of fused-ring (bicyclic) bond motifs is 1. The van der Waals surface area contributed by atoms with Gasteiger partial charge in [0.05, 0.1) is 5.52 Å². The summed E-state index contributed by atoms with van der Waals surface area (Å²) in [5.74, 6) is 0.0312. The zero-order chi connectivity index (χ0) is 15.2. The average Bonchev–Trinajstić information content (AvgIpc) is 2.80. The number of rotatable bonds is 7. The van der Waals surface area contributed by atoms with Gasteiger partial charge in [-0.25, -0.2) is 0 Å². The fourth-order valence-corrected chi connectivity index (χ4v) is 2.51. The van der Waals surface area contributed by atoms with E-state index in [1.54, 1.807) is 0 Å². The van der Waals surface area contributed by atoms with Crippen LogP contribution in [-0.2, 0) is 17.9 Å². The highest BCUT2D eigenvalue weighted by Gasteiger charge is 2.11. The van der Waals surface area contributed by atoms with Crippen molar-refractivity contribution in [3.63, 3.8) is 0 Å². The Balaban J connectivity index is 2.29. The van der Waals surface area contributed by atoms with Crippen LogP contribution < -0.4 is 10.6 Å². The lowest BCUT2D eigenvalue weighted by Crippen LogP contribution is -2.27. The Morgan fingerprint density at radius 2 is 2.14 bits per heavy atom. The molecule has 114 valence electrons. The lowest BCUT2D eigenvalue weighted by molar-refractivity contribution is -0.121. The van der Waals surface area contributed by atoms with E-state index in [1.165, 1.54) is 5.56 Å². The number of halogens is 1. The highest BCUT2D eigenvalue weighted by atomic mass is 35.5. The third-order valence-electron chi connectivity index (χ3n) is 3.38. The van der Waals surface area contributed by atoms with Crippen LogP contribution in [0.25, 0.3) is 10.9 Å². The van der Waals surface area contributed by atoms with E-state index >= 15 is 0 Å². The molecule has 0 aliphatic carbocycles. The largest absolute Gasteiger partial charge is 0.355 e. The topological polar surface area (TPSA) is 46.1 Å². The van der Waals surface area contributed by atoms with Crippen LogP contribution in [0.2, 0.25) is 5.02 Å². The van der Waals surface area contributed by atoms with Crippen molar-refractivity contribution in [3.8, 4) is 0 Å². The molecule has 1 aromatic carbocycles. The van der Waals surface area contributed by atoms with Crippen molar-refractivity contribution in [1.82, 2.24) is 15.2 Å². The van der Waals surface area contributed by atoms with Gasteiger partial charge in [-0.05, 0) is 30.7 Å². The van der Waals surface area contributed by atoms with E-state index in [9.17, 15) is 4.79 Å². The molecule has 0 saturated heterocycles. The summed E-state index contributed by atoms with van der Waals surface area (Å²) in [5.41, 5.74) is 2.19. The summed E-state index contributed by atoms with van der Waals surface area (Å²) >= 11 is 6.09. The lowest BCUT2D eigenvalue weighted by Gasteiger charge is -2.06. The van der Waals surface area contributed by atoms with E-state index < -0.39 is 0 Å². The molecule has 0 aliphatic rings. The minimum atomic E-state index is 0.0312. The zero-order valence-corrected chi connectivity index (χ0v) is 13.3. The molecule has 0 fully saturated rings. The Kier molecular flexibility index (Phi) is 5.65. The summed E-state index contributed by atoms with van der Waals surface area (Å²) in [4.78, 5) is 11.9. The van der Waals surface area contributed by atoms with E-state index in [4.69, 9.17) is 11.6 Å². The first-order valence-corrected chi connectivity index (χ1v) is 7.78. The van der Waals surface area contributed by atoms with Crippen molar-refractivity contribution in [2.24, 2.45) is 0 Å². The van der Waals surface area contributed by atoms with Crippen LogP contribution in [0.5, 0.6) is 0 Å². The first kappa shape index (κ1) is 15.9. The van der Waals surface area contributed by atoms with Gasteiger partial charge in [-0.15, -0.1) is 0 Å². The number of carbonyl (C=O) groups is 1. The number of hydrogen-bond donors (Lipinski definition) is 2. The lowest BCUT2D eigenvalue weighted by atomic mass is 10.2. The van der Waals surface area contributed by atoms with Gasteiger partial charge in [0.2, 0.25) is 5.91 Å². The number of nitrogens with zero attached hydrogens (tertiary/aromatic N) is 1. The molecule has 0 aliphatic heterocycles. The molecule has 1 heterocycles. The molecule has 1 aromatic heterocycles. The molecule has 0 radical (unpaired) electrons. The van der Waals surface area contributed by atoms with Crippen molar-refractivity contribution in [1.29, 1.82) is 0 Å². The Labute approximate surface area is 130 Å². The Bertz CT molecular complexity index is 621. The minimum absolute atomic E-state index is 0.0312. The highest BCUT2D eigenvalue weighted by molar-refractivity contribution is 6.31. The predicted molar refractivity (Wildman–Crippen MR) is 87.6 cm³/mol. The molecular weight excluding hydrogens is 286 g/mol. The van der Waals surface area contributed by atoms with Gasteiger partial charge in [-0.3, -0.25) is 4.79 Å². The van der Waals surface area contributed by atoms with Gasteiger partial charge in [-0.1, -0.05) is 31.5 Å². The van der Waals surface area contributed by atoms with Crippen LogP contribution in [0.3, 0.4) is 0 Å². The maximum Gasteiger partial charge on any atom is 0.239 e. The number of aromatic nitrogens is 1. The van der Waals surface area contributed by atoms with Crippen LogP contribution in [0.1, 0.15) is 25.8 Å². The Morgan fingerprint density at radius 3 is 2.86 bits per heavy atom. The van der Waals surface area contributed by atoms with Gasteiger partial charge in [0, 0.05) is 29.7 Å². The minimum Gasteiger partial charge on any atom is -0.355 e. The standard InChI is InChI=1S/C16H22ClN3O/c1-3-7-19-16(21)11-20-10-12(9-18-4-2)14-6-5-13(17)8-15(14)20/h5-6,8,10,18H,3-4,7,9,11H2,1-2H3,(H,19,21). The predicted octanol–water partition coefficient (Wildman–Crippen LogP) is 2.93. The van der Waals surface area contributed by atoms with Crippen molar-refractivity contribution < 1.29 is 4.79 Å². The van der Waals surface area contributed by atoms with Gasteiger partial charge in [-0.2, -0.15) is 0 Å². The van der Waals surface area contributed by atoms with Crippen LogP contribution in [0, 0.1) is 0 Å². The quantitative estimate of drug-likeness (QED) is 0.826. The molecule has 0 atom stereocenters. The molecule has 0 unspecified atom stereocenters. The van der Waals surface area contributed by atoms with E-state index in [2.05, 4.69) is 17.6 Å². The Morgan fingerprint density at radius 1 is 1.33 bits per heavy atom. The molecule has 2 N–H and O–H groups in total. The van der Waals surface area contributed by atoms with E-state index in [0.717, 1.165) is 30.4 Å². The Hall–Kier alpha value is -1.52. The molecule has 1 amide bonds. The van der Waals surface area contributed by atoms with E-state index in [-0.39, 0.29) is 5.91 Å². The normalized spacial score (nSPS) is 11.0. The number of benzene rings is 1. The molecule has 2 aromatic rings. The fourth-order valence-electron chi connectivity index (χ4n) is 2.35. The maximum absolute atomic E-state index is 11.9. The summed E-state index contributed by atoms with van der Waals surface area (Å²) in [6, 6.07) is 5.82. The third kappa shape index (κ3) is 3.99. The smallest absolute Gasteiger partial charge is 0.239 e. The summed E-state index contributed by atoms with van der Waals surface area (Å²) in [6.07, 6.45) is 2.98. The monoisotopic (exact) mass is 307 g/mol. The van der Waals surface area contributed by atoms with Crippen molar-refractivity contribution in [2.45, 2.75) is 33.4 Å². The summed E-state index contributed by atoms with van der Waals surface area (Å²) in [7, 11) is 0. The molecule has 4 nitrogen and oxygen atoms in total. The summed E-state index contributed by atoms with van der Waals surface area (Å²) < 4.78 is 1.97. The second-order valence-corrected chi connectivity index (χ2v) is 5.51. The molecule has 21 heavy (non-hydrogen) atoms. The van der Waals surface area contributed by atoms with Crippen LogP contribution in [0.15, 0.2) is 24.4 Å². The highest BCUT2D eigenvalue weighted by Crippen LogP contribution is 2.24. The molecular formula is C16H22ClN3O. The molecule has 2 rings (SSSR count). The number of hydrogen-bond acceptors (Lipinski definition) is 2. The van der Waals surface area contributed by atoms with Crippen LogP contribution in [0.4, 0.5) is 0 Å². The van der Waals surface area contributed by atoms with Crippen molar-refractivity contribution in [2.75, 3.05) is 13.1 Å². The van der Waals surface area contributed by atoms with Gasteiger partial charge in [0.1, 0.15) is 6.54 Å². The van der Waals surface area contributed by atoms with Crippen LogP contribution >= 0.6 is 11.6 Å². The second-order valence-electron chi connectivity index (χ2n) is 5.07.